The number of benzene rings is 3. The van der Waals surface area contributed by atoms with Crippen molar-refractivity contribution >= 4 is 16.8 Å². The molecule has 0 spiro atoms. The molecule has 0 saturated carbocycles. The lowest BCUT2D eigenvalue weighted by atomic mass is 9.95. The van der Waals surface area contributed by atoms with Crippen LogP contribution in [0, 0.1) is 6.92 Å². The third-order valence-corrected chi connectivity index (χ3v) is 7.06. The number of para-hydroxylation sites is 1. The molecule has 9 nitrogen and oxygen atoms in total. The van der Waals surface area contributed by atoms with Crippen LogP contribution in [0.3, 0.4) is 0 Å². The highest BCUT2D eigenvalue weighted by Gasteiger charge is 2.30. The molecule has 1 amide bonds. The molecule has 0 saturated heterocycles. The molecule has 2 aromatic heterocycles. The zero-order valence-corrected chi connectivity index (χ0v) is 21.5. The normalized spacial score (nSPS) is 11.8. The van der Waals surface area contributed by atoms with Crippen molar-refractivity contribution in [3.8, 4) is 33.8 Å². The number of primary amides is 1. The van der Waals surface area contributed by atoms with Gasteiger partial charge in [-0.25, -0.2) is 4.98 Å². The first kappa shape index (κ1) is 24.4. The lowest BCUT2D eigenvalue weighted by molar-refractivity contribution is 0.0994. The van der Waals surface area contributed by atoms with Gasteiger partial charge in [0.2, 0.25) is 0 Å². The Balaban J connectivity index is 1.51. The van der Waals surface area contributed by atoms with Crippen LogP contribution in [0.4, 0.5) is 0 Å². The fourth-order valence-corrected chi connectivity index (χ4v) is 5.19. The molecule has 2 N–H and O–H groups in total. The second kappa shape index (κ2) is 9.77. The summed E-state index contributed by atoms with van der Waals surface area (Å²) < 4.78 is 12.4. The maximum atomic E-state index is 13.3. The van der Waals surface area contributed by atoms with Crippen molar-refractivity contribution in [2.24, 2.45) is 5.73 Å². The number of carbonyl (C=O) groups excluding carboxylic acids is 1. The molecule has 5 aromatic rings. The molecule has 2 heterocycles. The summed E-state index contributed by atoms with van der Waals surface area (Å²) in [5, 5.41) is 9.27. The van der Waals surface area contributed by atoms with Gasteiger partial charge in [0.05, 0.1) is 23.2 Å². The van der Waals surface area contributed by atoms with Crippen molar-refractivity contribution in [1.29, 1.82) is 0 Å². The number of hydrogen-bond donors (Lipinski definition) is 1. The molecule has 9 heteroatoms. The van der Waals surface area contributed by atoms with Crippen molar-refractivity contribution in [1.82, 2.24) is 19.7 Å². The first-order chi connectivity index (χ1) is 19.0. The Labute approximate surface area is 223 Å². The lowest BCUT2D eigenvalue weighted by Gasteiger charge is -2.16. The van der Waals surface area contributed by atoms with E-state index in [0.29, 0.717) is 47.7 Å². The summed E-state index contributed by atoms with van der Waals surface area (Å²) >= 11 is 0. The van der Waals surface area contributed by atoms with Gasteiger partial charge in [0, 0.05) is 24.7 Å². The third kappa shape index (κ3) is 4.13. The summed E-state index contributed by atoms with van der Waals surface area (Å²) in [6, 6.07) is 18.8. The number of carbonyl (C=O) groups is 1. The van der Waals surface area contributed by atoms with Gasteiger partial charge in [0.25, 0.3) is 11.5 Å². The number of rotatable bonds is 7. The molecular formula is C30H25N5O4. The van der Waals surface area contributed by atoms with Crippen LogP contribution in [-0.4, -0.2) is 46.0 Å². The minimum absolute atomic E-state index is 0.149. The summed E-state index contributed by atoms with van der Waals surface area (Å²) in [5.41, 5.74) is 12.7. The number of ether oxygens (including phenoxy) is 2. The van der Waals surface area contributed by atoms with Gasteiger partial charge in [-0.1, -0.05) is 30.3 Å². The largest absolute Gasteiger partial charge is 0.491 e. The lowest BCUT2D eigenvalue weighted by Crippen LogP contribution is -2.20. The smallest absolute Gasteiger partial charge is 0.269 e. The number of methoxy groups -OCH3 is 1. The van der Waals surface area contributed by atoms with Crippen LogP contribution in [0.15, 0.2) is 71.8 Å². The van der Waals surface area contributed by atoms with Crippen LogP contribution < -0.4 is 16.0 Å². The van der Waals surface area contributed by atoms with E-state index in [1.165, 1.54) is 0 Å². The Bertz CT molecular complexity index is 1830. The van der Waals surface area contributed by atoms with Gasteiger partial charge < -0.3 is 15.2 Å². The second-order valence-electron chi connectivity index (χ2n) is 9.34. The second-order valence-corrected chi connectivity index (χ2v) is 9.34. The quantitative estimate of drug-likeness (QED) is 0.318. The van der Waals surface area contributed by atoms with E-state index in [-0.39, 0.29) is 11.3 Å². The molecule has 0 fully saturated rings. The number of nitrogens with two attached hydrogens (primary N) is 1. The van der Waals surface area contributed by atoms with Gasteiger partial charge in [-0.2, -0.15) is 0 Å². The topological polar surface area (TPSA) is 122 Å². The molecule has 0 unspecified atom stereocenters. The standard InChI is InChI=1S/C30H25N5O4/c1-17-20(7-5-9-25(17)35-16-32-24-8-4-3-6-22(24)30(35)37)27-26-21-11-10-19(39-13-12-38-2)14-18(21)15-23(26)28(29(31)36)34-33-27/h3-11,14,16H,12-13,15H2,1-2H3,(H2,31,36). The van der Waals surface area contributed by atoms with Gasteiger partial charge in [-0.05, 0) is 59.5 Å². The molecule has 39 heavy (non-hydrogen) atoms. The monoisotopic (exact) mass is 519 g/mol. The number of fused-ring (bicyclic) bond motifs is 4. The van der Waals surface area contributed by atoms with E-state index >= 15 is 0 Å². The zero-order chi connectivity index (χ0) is 27.1. The number of aromatic nitrogens is 4. The highest BCUT2D eigenvalue weighted by atomic mass is 16.5. The Morgan fingerprint density at radius 3 is 2.69 bits per heavy atom. The molecule has 0 atom stereocenters. The van der Waals surface area contributed by atoms with Crippen LogP contribution in [0.25, 0.3) is 39.0 Å². The summed E-state index contributed by atoms with van der Waals surface area (Å²) in [6.07, 6.45) is 2.02. The van der Waals surface area contributed by atoms with E-state index in [1.54, 1.807) is 24.1 Å². The van der Waals surface area contributed by atoms with E-state index in [4.69, 9.17) is 15.2 Å². The van der Waals surface area contributed by atoms with Crippen molar-refractivity contribution in [3.05, 3.63) is 99.7 Å². The first-order valence-electron chi connectivity index (χ1n) is 12.5. The van der Waals surface area contributed by atoms with Crippen LogP contribution in [-0.2, 0) is 11.2 Å². The first-order valence-corrected chi connectivity index (χ1v) is 12.5. The molecule has 1 aliphatic carbocycles. The summed E-state index contributed by atoms with van der Waals surface area (Å²) in [6.45, 7) is 2.84. The Kier molecular flexibility index (Phi) is 6.12. The van der Waals surface area contributed by atoms with E-state index in [2.05, 4.69) is 15.2 Å². The highest BCUT2D eigenvalue weighted by molar-refractivity contribution is 5.99. The van der Waals surface area contributed by atoms with Gasteiger partial charge >= 0.3 is 0 Å². The minimum Gasteiger partial charge on any atom is -0.491 e. The van der Waals surface area contributed by atoms with Crippen molar-refractivity contribution in [2.75, 3.05) is 20.3 Å². The average Bonchev–Trinajstić information content (AvgIpc) is 3.32. The SMILES string of the molecule is COCCOc1ccc2c(c1)Cc1c(C(N)=O)nnc(-c3cccc(-n4cnc5ccccc5c4=O)c3C)c1-2. The Hall–Kier alpha value is -4.89. The Morgan fingerprint density at radius 2 is 1.87 bits per heavy atom. The van der Waals surface area contributed by atoms with Crippen LogP contribution in [0.5, 0.6) is 5.75 Å². The molecule has 0 radical (unpaired) electrons. The molecular weight excluding hydrogens is 494 g/mol. The van der Waals surface area contributed by atoms with Crippen molar-refractivity contribution in [3.63, 3.8) is 0 Å². The molecule has 3 aromatic carbocycles. The van der Waals surface area contributed by atoms with E-state index in [9.17, 15) is 9.59 Å². The van der Waals surface area contributed by atoms with Gasteiger partial charge in [0.1, 0.15) is 24.4 Å². The van der Waals surface area contributed by atoms with Crippen molar-refractivity contribution < 1.29 is 14.3 Å². The molecule has 0 bridgehead atoms. The fraction of sp³-hybridized carbons (Fsp3) is 0.167. The maximum absolute atomic E-state index is 13.3. The van der Waals surface area contributed by atoms with Crippen molar-refractivity contribution in [2.45, 2.75) is 13.3 Å². The van der Waals surface area contributed by atoms with E-state index in [0.717, 1.165) is 33.4 Å². The third-order valence-electron chi connectivity index (χ3n) is 7.06. The highest BCUT2D eigenvalue weighted by Crippen LogP contribution is 2.45. The molecule has 6 rings (SSSR count). The van der Waals surface area contributed by atoms with Gasteiger partial charge in [-0.15, -0.1) is 10.2 Å². The summed E-state index contributed by atoms with van der Waals surface area (Å²) in [7, 11) is 1.62. The predicted molar refractivity (Wildman–Crippen MR) is 147 cm³/mol. The average molecular weight is 520 g/mol. The zero-order valence-electron chi connectivity index (χ0n) is 21.5. The number of nitrogens with zero attached hydrogens (tertiary/aromatic N) is 4. The molecule has 194 valence electrons. The summed E-state index contributed by atoms with van der Waals surface area (Å²) in [4.78, 5) is 30.1. The Morgan fingerprint density at radius 1 is 1.03 bits per heavy atom. The fourth-order valence-electron chi connectivity index (χ4n) is 5.19. The van der Waals surface area contributed by atoms with Crippen LogP contribution in [0.1, 0.15) is 27.2 Å². The summed E-state index contributed by atoms with van der Waals surface area (Å²) in [5.74, 6) is 0.0805. The predicted octanol–water partition coefficient (Wildman–Crippen LogP) is 3.85. The number of hydrogen-bond acceptors (Lipinski definition) is 7. The molecule has 1 aliphatic rings. The van der Waals surface area contributed by atoms with Crippen LogP contribution in [0.2, 0.25) is 0 Å². The van der Waals surface area contributed by atoms with E-state index < -0.39 is 5.91 Å². The maximum Gasteiger partial charge on any atom is 0.269 e. The van der Waals surface area contributed by atoms with Gasteiger partial charge in [-0.3, -0.25) is 14.2 Å². The minimum atomic E-state index is -0.631. The molecule has 0 aliphatic heterocycles. The van der Waals surface area contributed by atoms with Crippen LogP contribution >= 0.6 is 0 Å². The van der Waals surface area contributed by atoms with E-state index in [1.807, 2.05) is 61.5 Å². The van der Waals surface area contributed by atoms with Gasteiger partial charge in [0.15, 0.2) is 5.69 Å². The number of amides is 1.